The Balaban J connectivity index is 1.56. The molecule has 4 aromatic rings. The van der Waals surface area contributed by atoms with Crippen LogP contribution in [-0.4, -0.2) is 23.0 Å². The number of pyridine rings is 1. The topological polar surface area (TPSA) is 68.3 Å². The molecule has 1 amide bonds. The maximum absolute atomic E-state index is 14.0. The summed E-state index contributed by atoms with van der Waals surface area (Å²) in [4.78, 5) is 32.0. The van der Waals surface area contributed by atoms with Crippen molar-refractivity contribution in [3.8, 4) is 0 Å². The van der Waals surface area contributed by atoms with E-state index in [1.54, 1.807) is 12.1 Å². The average molecular weight is 622 g/mol. The van der Waals surface area contributed by atoms with Gasteiger partial charge in [-0.05, 0) is 90.3 Å². The highest BCUT2D eigenvalue weighted by molar-refractivity contribution is 6.36. The zero-order valence-corrected chi connectivity index (χ0v) is 26.1. The largest absolute Gasteiger partial charge is 0.449 e. The first-order chi connectivity index (χ1) is 19.9. The Morgan fingerprint density at radius 1 is 0.976 bits per heavy atom. The number of ether oxygens (including phenoxy) is 1. The van der Waals surface area contributed by atoms with E-state index in [0.29, 0.717) is 38.6 Å². The van der Waals surface area contributed by atoms with Gasteiger partial charge in [0.25, 0.3) is 5.91 Å². The smallest absolute Gasteiger partial charge is 0.339 e. The lowest BCUT2D eigenvalue weighted by Crippen LogP contribution is -2.32. The number of aromatic nitrogens is 1. The fraction of sp³-hybridized carbons (Fsp3) is 0.265. The maximum atomic E-state index is 14.0. The molecule has 5 rings (SSSR count). The van der Waals surface area contributed by atoms with E-state index < -0.39 is 18.0 Å². The third-order valence-corrected chi connectivity index (χ3v) is 8.50. The molecule has 0 bridgehead atoms. The Morgan fingerprint density at radius 3 is 2.36 bits per heavy atom. The maximum Gasteiger partial charge on any atom is 0.339 e. The molecule has 2 atom stereocenters. The van der Waals surface area contributed by atoms with Crippen LogP contribution < -0.4 is 5.32 Å². The van der Waals surface area contributed by atoms with Gasteiger partial charge in [0.2, 0.25) is 0 Å². The second-order valence-electron chi connectivity index (χ2n) is 11.7. The van der Waals surface area contributed by atoms with Crippen LogP contribution in [0.2, 0.25) is 15.1 Å². The van der Waals surface area contributed by atoms with Crippen LogP contribution in [0.1, 0.15) is 61.3 Å². The predicted molar refractivity (Wildman–Crippen MR) is 172 cm³/mol. The van der Waals surface area contributed by atoms with Crippen molar-refractivity contribution in [1.29, 1.82) is 0 Å². The molecule has 1 heterocycles. The second-order valence-corrected chi connectivity index (χ2v) is 13.0. The molecule has 216 valence electrons. The number of rotatable bonds is 5. The summed E-state index contributed by atoms with van der Waals surface area (Å²) in [6, 6.07) is 20.0. The highest BCUT2D eigenvalue weighted by Crippen LogP contribution is 2.45. The number of esters is 1. The Kier molecular flexibility index (Phi) is 8.66. The van der Waals surface area contributed by atoms with Crippen LogP contribution in [0.3, 0.4) is 0 Å². The first kappa shape index (κ1) is 30.1. The van der Waals surface area contributed by atoms with Gasteiger partial charge in [0.05, 0.1) is 27.5 Å². The molecule has 0 saturated carbocycles. The van der Waals surface area contributed by atoms with Crippen LogP contribution in [0, 0.1) is 11.3 Å². The first-order valence-electron chi connectivity index (χ1n) is 13.8. The van der Waals surface area contributed by atoms with E-state index in [0.717, 1.165) is 28.8 Å². The van der Waals surface area contributed by atoms with Gasteiger partial charge in [-0.1, -0.05) is 85.9 Å². The summed E-state index contributed by atoms with van der Waals surface area (Å²) in [5.41, 5.74) is 5.13. The van der Waals surface area contributed by atoms with Gasteiger partial charge in [0, 0.05) is 15.4 Å². The minimum Gasteiger partial charge on any atom is -0.449 e. The van der Waals surface area contributed by atoms with Crippen molar-refractivity contribution in [3.05, 3.63) is 104 Å². The molecule has 1 N–H and O–H groups in total. The Bertz CT molecular complexity index is 1710. The van der Waals surface area contributed by atoms with Crippen molar-refractivity contribution in [2.75, 3.05) is 5.32 Å². The van der Waals surface area contributed by atoms with Gasteiger partial charge in [0.1, 0.15) is 0 Å². The Morgan fingerprint density at radius 2 is 1.67 bits per heavy atom. The molecule has 2 unspecified atom stereocenters. The van der Waals surface area contributed by atoms with Gasteiger partial charge in [-0.25, -0.2) is 9.78 Å². The van der Waals surface area contributed by atoms with Crippen LogP contribution in [0.25, 0.3) is 22.6 Å². The summed E-state index contributed by atoms with van der Waals surface area (Å²) >= 11 is 18.3. The number of hydrogen-bond acceptors (Lipinski definition) is 4. The second kappa shape index (κ2) is 12.1. The molecule has 1 aliphatic rings. The summed E-state index contributed by atoms with van der Waals surface area (Å²) in [5, 5.41) is 4.81. The highest BCUT2D eigenvalue weighted by atomic mass is 35.5. The van der Waals surface area contributed by atoms with Crippen LogP contribution in [0.15, 0.2) is 66.7 Å². The molecule has 1 aromatic heterocycles. The van der Waals surface area contributed by atoms with Crippen LogP contribution >= 0.6 is 34.8 Å². The van der Waals surface area contributed by atoms with E-state index in [-0.39, 0.29) is 16.4 Å². The van der Waals surface area contributed by atoms with Gasteiger partial charge in [-0.2, -0.15) is 0 Å². The Hall–Kier alpha value is -3.38. The van der Waals surface area contributed by atoms with Crippen molar-refractivity contribution in [2.45, 2.75) is 46.6 Å². The van der Waals surface area contributed by atoms with Crippen LogP contribution in [-0.2, 0) is 16.0 Å². The fourth-order valence-corrected chi connectivity index (χ4v) is 5.81. The lowest BCUT2D eigenvalue weighted by Gasteiger charge is -2.36. The monoisotopic (exact) mass is 620 g/mol. The number of carbonyl (C=O) groups excluding carboxylic acids is 2. The number of carbonyl (C=O) groups is 2. The van der Waals surface area contributed by atoms with E-state index in [1.165, 1.54) is 13.0 Å². The van der Waals surface area contributed by atoms with Gasteiger partial charge >= 0.3 is 5.97 Å². The third-order valence-electron chi connectivity index (χ3n) is 7.70. The quantitative estimate of drug-likeness (QED) is 0.225. The molecule has 0 spiro atoms. The fourth-order valence-electron chi connectivity index (χ4n) is 5.23. The number of amides is 1. The number of hydrogen-bond donors (Lipinski definition) is 1. The van der Waals surface area contributed by atoms with E-state index in [2.05, 4.69) is 32.2 Å². The van der Waals surface area contributed by atoms with Crippen molar-refractivity contribution < 1.29 is 14.3 Å². The number of allylic oxidation sites excluding steroid dienone is 1. The van der Waals surface area contributed by atoms with E-state index in [9.17, 15) is 9.59 Å². The number of halogens is 3. The molecule has 8 heteroatoms. The minimum atomic E-state index is -1.09. The molecule has 5 nitrogen and oxygen atoms in total. The first-order valence-corrected chi connectivity index (χ1v) is 14.9. The number of nitrogens with zero attached hydrogens (tertiary/aromatic N) is 1. The Labute approximate surface area is 260 Å². The molecule has 0 aliphatic heterocycles. The van der Waals surface area contributed by atoms with Crippen molar-refractivity contribution in [2.24, 2.45) is 11.3 Å². The molecule has 0 radical (unpaired) electrons. The highest BCUT2D eigenvalue weighted by Gasteiger charge is 2.36. The van der Waals surface area contributed by atoms with Crippen molar-refractivity contribution in [1.82, 2.24) is 4.98 Å². The summed E-state index contributed by atoms with van der Waals surface area (Å²) in [6.07, 6.45) is 2.49. The molecule has 1 aliphatic carbocycles. The average Bonchev–Trinajstić information content (AvgIpc) is 2.93. The van der Waals surface area contributed by atoms with E-state index in [4.69, 9.17) is 44.5 Å². The SMILES string of the molecule is CC(OC(=O)c1c2c(nc3ccccc13)/C(=C/c1ccc(Cl)cc1)CC(C(C)(C)C)C2)C(=O)Nc1ccc(Cl)cc1Cl. The minimum absolute atomic E-state index is 0.0331. The summed E-state index contributed by atoms with van der Waals surface area (Å²) < 4.78 is 5.81. The van der Waals surface area contributed by atoms with E-state index >= 15 is 0 Å². The van der Waals surface area contributed by atoms with Gasteiger partial charge < -0.3 is 10.1 Å². The standard InChI is InChI=1S/C34H31Cl3N2O3/c1-19(32(40)39-29-14-13-24(36)18-27(29)37)42-33(41)30-25-7-5-6-8-28(25)38-31-21(15-20-9-11-23(35)12-10-20)16-22(17-26(30)31)34(2,3)4/h5-15,18-19,22H,16-17H2,1-4H3,(H,39,40)/b21-15+. The van der Waals surface area contributed by atoms with Gasteiger partial charge in [-0.15, -0.1) is 0 Å². The third kappa shape index (κ3) is 6.49. The van der Waals surface area contributed by atoms with Crippen LogP contribution in [0.5, 0.6) is 0 Å². The molecule has 0 fully saturated rings. The lowest BCUT2D eigenvalue weighted by atomic mass is 9.69. The zero-order valence-electron chi connectivity index (χ0n) is 23.8. The van der Waals surface area contributed by atoms with Gasteiger partial charge in [-0.3, -0.25) is 4.79 Å². The summed E-state index contributed by atoms with van der Waals surface area (Å²) in [5.74, 6) is -0.836. The number of nitrogens with one attached hydrogen (secondary N) is 1. The van der Waals surface area contributed by atoms with Gasteiger partial charge in [0.15, 0.2) is 6.10 Å². The number of anilines is 1. The summed E-state index contributed by atoms with van der Waals surface area (Å²) in [6.45, 7) is 8.17. The van der Waals surface area contributed by atoms with Crippen molar-refractivity contribution >= 4 is 74.9 Å². The van der Waals surface area contributed by atoms with E-state index in [1.807, 2.05) is 48.5 Å². The molecular formula is C34H31Cl3N2O3. The number of fused-ring (bicyclic) bond motifs is 2. The molecular weight excluding hydrogens is 591 g/mol. The lowest BCUT2D eigenvalue weighted by molar-refractivity contribution is -0.123. The molecule has 3 aromatic carbocycles. The molecule has 0 saturated heterocycles. The molecule has 42 heavy (non-hydrogen) atoms. The predicted octanol–water partition coefficient (Wildman–Crippen LogP) is 9.53. The number of benzene rings is 3. The normalized spacial score (nSPS) is 16.6. The van der Waals surface area contributed by atoms with Crippen molar-refractivity contribution in [3.63, 3.8) is 0 Å². The summed E-state index contributed by atoms with van der Waals surface area (Å²) in [7, 11) is 0. The zero-order chi connectivity index (χ0) is 30.2. The number of para-hydroxylation sites is 1. The van der Waals surface area contributed by atoms with Crippen LogP contribution in [0.4, 0.5) is 5.69 Å².